The van der Waals surface area contributed by atoms with E-state index in [4.69, 9.17) is 5.26 Å². The van der Waals surface area contributed by atoms with Crippen molar-refractivity contribution in [3.05, 3.63) is 41.9 Å². The van der Waals surface area contributed by atoms with E-state index < -0.39 is 0 Å². The highest BCUT2D eigenvalue weighted by molar-refractivity contribution is 5.81. The summed E-state index contributed by atoms with van der Waals surface area (Å²) in [6, 6.07) is 5.75. The first-order valence-corrected chi connectivity index (χ1v) is 8.42. The van der Waals surface area contributed by atoms with Crippen LogP contribution in [-0.4, -0.2) is 52.3 Å². The maximum absolute atomic E-state index is 12.7. The van der Waals surface area contributed by atoms with Crippen molar-refractivity contribution in [3.63, 3.8) is 0 Å². The topological polar surface area (TPSA) is 78.0 Å². The van der Waals surface area contributed by atoms with Gasteiger partial charge in [0.25, 0.3) is 0 Å². The van der Waals surface area contributed by atoms with Crippen LogP contribution in [-0.2, 0) is 4.79 Å². The molecule has 0 N–H and O–H groups in total. The maximum Gasteiger partial charge on any atom is 0.242 e. The van der Waals surface area contributed by atoms with Crippen LogP contribution in [0.25, 0.3) is 0 Å². The van der Waals surface area contributed by atoms with Crippen molar-refractivity contribution in [2.75, 3.05) is 31.6 Å². The van der Waals surface area contributed by atoms with Crippen molar-refractivity contribution >= 4 is 11.7 Å². The number of rotatable bonds is 4. The highest BCUT2D eigenvalue weighted by Gasteiger charge is 2.25. The van der Waals surface area contributed by atoms with Gasteiger partial charge in [0.1, 0.15) is 11.9 Å². The number of anilines is 1. The third-order valence-electron chi connectivity index (χ3n) is 4.49. The molecule has 2 aromatic heterocycles. The number of nitrogens with zero attached hydrogens (tertiary/aromatic N) is 6. The summed E-state index contributed by atoms with van der Waals surface area (Å²) in [6.45, 7) is 3.76. The summed E-state index contributed by atoms with van der Waals surface area (Å²) in [7, 11) is 1.84. The number of nitriles is 1. The van der Waals surface area contributed by atoms with Gasteiger partial charge in [0.2, 0.25) is 5.91 Å². The third-order valence-corrected chi connectivity index (χ3v) is 4.49. The number of hydrogen-bond donors (Lipinski definition) is 0. The molecule has 7 heteroatoms. The SMILES string of the molecule is Cc1cnn([C@@H]2CCCN(C(=O)CN(C)c3ccc(C#N)cn3)C2)c1. The van der Waals surface area contributed by atoms with Crippen LogP contribution in [0.15, 0.2) is 30.7 Å². The number of carbonyl (C=O) groups excluding carboxylic acids is 1. The Balaban J connectivity index is 1.61. The normalized spacial score (nSPS) is 17.2. The Morgan fingerprint density at radius 3 is 2.92 bits per heavy atom. The Bertz CT molecular complexity index is 776. The van der Waals surface area contributed by atoms with Crippen LogP contribution in [0.3, 0.4) is 0 Å². The van der Waals surface area contributed by atoms with E-state index >= 15 is 0 Å². The van der Waals surface area contributed by atoms with Crippen LogP contribution in [0.4, 0.5) is 5.82 Å². The van der Waals surface area contributed by atoms with Gasteiger partial charge in [-0.25, -0.2) is 4.98 Å². The van der Waals surface area contributed by atoms with Gasteiger partial charge in [-0.05, 0) is 37.5 Å². The lowest BCUT2D eigenvalue weighted by Gasteiger charge is -2.34. The lowest BCUT2D eigenvalue weighted by molar-refractivity contribution is -0.131. The third kappa shape index (κ3) is 3.97. The minimum absolute atomic E-state index is 0.0854. The largest absolute Gasteiger partial charge is 0.350 e. The fraction of sp³-hybridized carbons (Fsp3) is 0.444. The number of likely N-dealkylation sites (N-methyl/N-ethyl adjacent to an activating group) is 1. The number of aryl methyl sites for hydroxylation is 1. The number of pyridine rings is 1. The number of hydrogen-bond acceptors (Lipinski definition) is 5. The lowest BCUT2D eigenvalue weighted by Crippen LogP contribution is -2.45. The fourth-order valence-corrected chi connectivity index (χ4v) is 3.09. The van der Waals surface area contributed by atoms with Crippen LogP contribution in [0, 0.1) is 18.3 Å². The van der Waals surface area contributed by atoms with E-state index in [1.807, 2.05) is 46.9 Å². The molecule has 2 aromatic rings. The van der Waals surface area contributed by atoms with Crippen molar-refractivity contribution in [2.24, 2.45) is 0 Å². The summed E-state index contributed by atoms with van der Waals surface area (Å²) >= 11 is 0. The fourth-order valence-electron chi connectivity index (χ4n) is 3.09. The number of likely N-dealkylation sites (tertiary alicyclic amines) is 1. The second kappa shape index (κ2) is 7.34. The van der Waals surface area contributed by atoms with E-state index in [-0.39, 0.29) is 18.5 Å². The number of amides is 1. The first-order chi connectivity index (χ1) is 12.1. The van der Waals surface area contributed by atoms with E-state index in [9.17, 15) is 4.79 Å². The summed E-state index contributed by atoms with van der Waals surface area (Å²) in [6.07, 6.45) is 7.43. The van der Waals surface area contributed by atoms with Crippen molar-refractivity contribution < 1.29 is 4.79 Å². The van der Waals surface area contributed by atoms with Gasteiger partial charge in [-0.3, -0.25) is 9.48 Å². The van der Waals surface area contributed by atoms with Crippen molar-refractivity contribution in [1.82, 2.24) is 19.7 Å². The van der Waals surface area contributed by atoms with Crippen LogP contribution < -0.4 is 4.90 Å². The molecular formula is C18H22N6O. The molecule has 7 nitrogen and oxygen atoms in total. The van der Waals surface area contributed by atoms with Crippen molar-refractivity contribution in [3.8, 4) is 6.07 Å². The average Bonchev–Trinajstić information content (AvgIpc) is 3.08. The van der Waals surface area contributed by atoms with Crippen LogP contribution >= 0.6 is 0 Å². The van der Waals surface area contributed by atoms with Gasteiger partial charge < -0.3 is 9.80 Å². The summed E-state index contributed by atoms with van der Waals surface area (Å²) in [5.41, 5.74) is 1.65. The minimum atomic E-state index is 0.0854. The Morgan fingerprint density at radius 2 is 2.28 bits per heavy atom. The summed E-state index contributed by atoms with van der Waals surface area (Å²) in [4.78, 5) is 20.6. The molecule has 1 aliphatic rings. The highest BCUT2D eigenvalue weighted by atomic mass is 16.2. The van der Waals surface area contributed by atoms with E-state index in [2.05, 4.69) is 10.1 Å². The molecule has 0 aromatic carbocycles. The van der Waals surface area contributed by atoms with Crippen molar-refractivity contribution in [2.45, 2.75) is 25.8 Å². The minimum Gasteiger partial charge on any atom is -0.350 e. The van der Waals surface area contributed by atoms with Crippen molar-refractivity contribution in [1.29, 1.82) is 5.26 Å². The highest BCUT2D eigenvalue weighted by Crippen LogP contribution is 2.21. The molecule has 1 atom stereocenters. The number of carbonyl (C=O) groups is 1. The molecular weight excluding hydrogens is 316 g/mol. The zero-order valence-electron chi connectivity index (χ0n) is 14.6. The van der Waals surface area contributed by atoms with Gasteiger partial charge in [-0.2, -0.15) is 10.4 Å². The molecule has 130 valence electrons. The van der Waals surface area contributed by atoms with Crippen LogP contribution in [0.1, 0.15) is 30.0 Å². The molecule has 0 spiro atoms. The first kappa shape index (κ1) is 17.0. The van der Waals surface area contributed by atoms with E-state index in [0.29, 0.717) is 17.9 Å². The van der Waals surface area contributed by atoms with Gasteiger partial charge in [0.05, 0.1) is 24.3 Å². The van der Waals surface area contributed by atoms with Crippen LogP contribution in [0.5, 0.6) is 0 Å². The molecule has 1 aliphatic heterocycles. The Labute approximate surface area is 147 Å². The van der Waals surface area contributed by atoms with Gasteiger partial charge >= 0.3 is 0 Å². The zero-order valence-corrected chi connectivity index (χ0v) is 14.6. The smallest absolute Gasteiger partial charge is 0.242 e. The quantitative estimate of drug-likeness (QED) is 0.849. The summed E-state index contributed by atoms with van der Waals surface area (Å²) < 4.78 is 1.97. The predicted octanol–water partition coefficient (Wildman–Crippen LogP) is 1.76. The van der Waals surface area contributed by atoms with Crippen LogP contribution in [0.2, 0.25) is 0 Å². The summed E-state index contributed by atoms with van der Waals surface area (Å²) in [5, 5.41) is 13.2. The molecule has 0 saturated carbocycles. The molecule has 0 radical (unpaired) electrons. The molecule has 0 aliphatic carbocycles. The van der Waals surface area contributed by atoms with E-state index in [1.54, 1.807) is 12.1 Å². The average molecular weight is 338 g/mol. The predicted molar refractivity (Wildman–Crippen MR) is 94.0 cm³/mol. The Kier molecular flexibility index (Phi) is 4.98. The van der Waals surface area contributed by atoms with Gasteiger partial charge in [-0.15, -0.1) is 0 Å². The molecule has 0 unspecified atom stereocenters. The van der Waals surface area contributed by atoms with Gasteiger partial charge in [0.15, 0.2) is 0 Å². The number of aromatic nitrogens is 3. The van der Waals surface area contributed by atoms with E-state index in [0.717, 1.165) is 24.9 Å². The molecule has 0 bridgehead atoms. The Hall–Kier alpha value is -2.88. The molecule has 1 amide bonds. The first-order valence-electron chi connectivity index (χ1n) is 8.42. The second-order valence-corrected chi connectivity index (χ2v) is 6.51. The molecule has 25 heavy (non-hydrogen) atoms. The molecule has 1 fully saturated rings. The summed E-state index contributed by atoms with van der Waals surface area (Å²) in [5.74, 6) is 0.769. The number of piperidine rings is 1. The molecule has 1 saturated heterocycles. The monoisotopic (exact) mass is 338 g/mol. The lowest BCUT2D eigenvalue weighted by atomic mass is 10.1. The van der Waals surface area contributed by atoms with E-state index in [1.165, 1.54) is 6.20 Å². The van der Waals surface area contributed by atoms with Gasteiger partial charge in [0, 0.05) is 32.5 Å². The second-order valence-electron chi connectivity index (χ2n) is 6.51. The standard InChI is InChI=1S/C18H22N6O/c1-14-9-21-24(11-14)16-4-3-7-23(12-16)18(25)13-22(2)17-6-5-15(8-19)10-20-17/h5-6,9-11,16H,3-4,7,12-13H2,1-2H3/t16-/m1/s1. The van der Waals surface area contributed by atoms with Gasteiger partial charge in [-0.1, -0.05) is 0 Å². The maximum atomic E-state index is 12.7. The molecule has 3 heterocycles. The molecule has 3 rings (SSSR count). The zero-order chi connectivity index (χ0) is 17.8. The Morgan fingerprint density at radius 1 is 1.44 bits per heavy atom.